The first-order valence-corrected chi connectivity index (χ1v) is 6.78. The van der Waals surface area contributed by atoms with Crippen LogP contribution in [0.1, 0.15) is 45.4 Å². The Hall–Kier alpha value is -0.0800. The van der Waals surface area contributed by atoms with Crippen LogP contribution in [0.3, 0.4) is 0 Å². The highest BCUT2D eigenvalue weighted by molar-refractivity contribution is 4.82. The zero-order chi connectivity index (χ0) is 10.5. The van der Waals surface area contributed by atoms with E-state index in [1.54, 1.807) is 0 Å². The minimum atomic E-state index is 0.855. The molecule has 0 spiro atoms. The number of hydrogen-bond acceptors (Lipinski definition) is 2. The van der Waals surface area contributed by atoms with Crippen molar-refractivity contribution in [2.45, 2.75) is 51.5 Å². The molecule has 1 aliphatic carbocycles. The summed E-state index contributed by atoms with van der Waals surface area (Å²) in [6.45, 7) is 6.10. The summed E-state index contributed by atoms with van der Waals surface area (Å²) >= 11 is 0. The lowest BCUT2D eigenvalue weighted by molar-refractivity contribution is 0.238. The highest BCUT2D eigenvalue weighted by Gasteiger charge is 2.24. The molecule has 1 aliphatic heterocycles. The molecule has 2 heteroatoms. The Morgan fingerprint density at radius 3 is 2.60 bits per heavy atom. The smallest absolute Gasteiger partial charge is 0.00721 e. The van der Waals surface area contributed by atoms with E-state index in [4.69, 9.17) is 0 Å². The molecule has 0 radical (unpaired) electrons. The van der Waals surface area contributed by atoms with Crippen LogP contribution < -0.4 is 10.6 Å². The fraction of sp³-hybridized carbons (Fsp3) is 1.00. The van der Waals surface area contributed by atoms with Gasteiger partial charge in [0.05, 0.1) is 0 Å². The van der Waals surface area contributed by atoms with Crippen LogP contribution >= 0.6 is 0 Å². The molecule has 0 unspecified atom stereocenters. The highest BCUT2D eigenvalue weighted by Crippen LogP contribution is 2.26. The first-order chi connectivity index (χ1) is 7.34. The molecule has 1 saturated heterocycles. The van der Waals surface area contributed by atoms with E-state index in [1.807, 2.05) is 0 Å². The summed E-state index contributed by atoms with van der Waals surface area (Å²) < 4.78 is 0. The average Bonchev–Trinajstić information content (AvgIpc) is 2.23. The van der Waals surface area contributed by atoms with Crippen molar-refractivity contribution in [3.63, 3.8) is 0 Å². The van der Waals surface area contributed by atoms with Crippen LogP contribution in [0.2, 0.25) is 0 Å². The van der Waals surface area contributed by atoms with Gasteiger partial charge < -0.3 is 10.6 Å². The van der Waals surface area contributed by atoms with Gasteiger partial charge in [0.15, 0.2) is 0 Å². The third-order valence-electron chi connectivity index (χ3n) is 4.05. The van der Waals surface area contributed by atoms with Gasteiger partial charge in [0.25, 0.3) is 0 Å². The normalized spacial score (nSPS) is 32.6. The van der Waals surface area contributed by atoms with Gasteiger partial charge >= 0.3 is 0 Å². The van der Waals surface area contributed by atoms with Crippen molar-refractivity contribution >= 4 is 0 Å². The number of rotatable bonds is 5. The predicted molar refractivity (Wildman–Crippen MR) is 65.0 cm³/mol. The number of nitrogens with one attached hydrogen (secondary N) is 2. The zero-order valence-electron chi connectivity index (χ0n) is 10.1. The number of hydrogen-bond donors (Lipinski definition) is 2. The molecule has 0 aromatic heterocycles. The average molecular weight is 210 g/mol. The second-order valence-electron chi connectivity index (χ2n) is 5.56. The quantitative estimate of drug-likeness (QED) is 0.680. The molecular formula is C13H26N2. The molecule has 2 aliphatic rings. The van der Waals surface area contributed by atoms with Crippen LogP contribution in [-0.4, -0.2) is 25.7 Å². The Morgan fingerprint density at radius 1 is 1.20 bits per heavy atom. The van der Waals surface area contributed by atoms with Crippen molar-refractivity contribution in [1.29, 1.82) is 0 Å². The summed E-state index contributed by atoms with van der Waals surface area (Å²) in [5.41, 5.74) is 0. The van der Waals surface area contributed by atoms with Crippen molar-refractivity contribution in [2.24, 2.45) is 11.8 Å². The molecule has 0 aromatic carbocycles. The van der Waals surface area contributed by atoms with Gasteiger partial charge in [-0.05, 0) is 70.0 Å². The van der Waals surface area contributed by atoms with Crippen molar-refractivity contribution in [2.75, 3.05) is 19.6 Å². The van der Waals surface area contributed by atoms with Crippen molar-refractivity contribution < 1.29 is 0 Å². The maximum atomic E-state index is 3.67. The summed E-state index contributed by atoms with van der Waals surface area (Å²) in [6, 6.07) is 0.855. The number of piperidine rings is 1. The zero-order valence-corrected chi connectivity index (χ0v) is 10.1. The van der Waals surface area contributed by atoms with Gasteiger partial charge in [0.2, 0.25) is 0 Å². The van der Waals surface area contributed by atoms with Crippen LogP contribution in [0.4, 0.5) is 0 Å². The summed E-state index contributed by atoms with van der Waals surface area (Å²) in [5.74, 6) is 1.99. The molecule has 0 atom stereocenters. The molecule has 0 amide bonds. The van der Waals surface area contributed by atoms with Gasteiger partial charge in [0.1, 0.15) is 0 Å². The summed E-state index contributed by atoms with van der Waals surface area (Å²) in [6.07, 6.45) is 8.45. The monoisotopic (exact) mass is 210 g/mol. The largest absolute Gasteiger partial charge is 0.317 e. The summed E-state index contributed by atoms with van der Waals surface area (Å²) in [5, 5.41) is 7.10. The van der Waals surface area contributed by atoms with E-state index < -0.39 is 0 Å². The molecule has 2 rings (SSSR count). The Balaban J connectivity index is 1.44. The van der Waals surface area contributed by atoms with Gasteiger partial charge in [-0.25, -0.2) is 0 Å². The first-order valence-electron chi connectivity index (χ1n) is 6.78. The Labute approximate surface area is 94.2 Å². The molecule has 0 aromatic rings. The van der Waals surface area contributed by atoms with Crippen LogP contribution in [0.5, 0.6) is 0 Å². The minimum Gasteiger partial charge on any atom is -0.317 e. The SMILES string of the molecule is CC1CC(NCCCC2CCNCC2)C1. The molecule has 2 nitrogen and oxygen atoms in total. The van der Waals surface area contributed by atoms with E-state index >= 15 is 0 Å². The summed E-state index contributed by atoms with van der Waals surface area (Å²) in [7, 11) is 0. The third kappa shape index (κ3) is 3.76. The van der Waals surface area contributed by atoms with E-state index in [-0.39, 0.29) is 0 Å². The lowest BCUT2D eigenvalue weighted by Crippen LogP contribution is -2.40. The molecule has 1 heterocycles. The molecular weight excluding hydrogens is 184 g/mol. The van der Waals surface area contributed by atoms with Gasteiger partial charge in [0, 0.05) is 6.04 Å². The molecule has 1 saturated carbocycles. The fourth-order valence-corrected chi connectivity index (χ4v) is 2.94. The Kier molecular flexibility index (Phi) is 4.45. The second-order valence-corrected chi connectivity index (χ2v) is 5.56. The molecule has 88 valence electrons. The van der Waals surface area contributed by atoms with E-state index in [9.17, 15) is 0 Å². The maximum absolute atomic E-state index is 3.67. The van der Waals surface area contributed by atoms with Crippen LogP contribution in [0, 0.1) is 11.8 Å². The standard InChI is InChI=1S/C13H26N2/c1-11-9-13(10-11)15-6-2-3-12-4-7-14-8-5-12/h11-15H,2-10H2,1H3. The van der Waals surface area contributed by atoms with Crippen molar-refractivity contribution in [3.8, 4) is 0 Å². The maximum Gasteiger partial charge on any atom is 0.00721 e. The molecule has 0 bridgehead atoms. The Morgan fingerprint density at radius 2 is 1.93 bits per heavy atom. The van der Waals surface area contributed by atoms with Crippen LogP contribution in [0.15, 0.2) is 0 Å². The first kappa shape index (κ1) is 11.4. The topological polar surface area (TPSA) is 24.1 Å². The van der Waals surface area contributed by atoms with Crippen LogP contribution in [-0.2, 0) is 0 Å². The molecule has 2 N–H and O–H groups in total. The minimum absolute atomic E-state index is 0.855. The highest BCUT2D eigenvalue weighted by atomic mass is 14.9. The lowest BCUT2D eigenvalue weighted by Gasteiger charge is -2.33. The van der Waals surface area contributed by atoms with E-state index in [2.05, 4.69) is 17.6 Å². The van der Waals surface area contributed by atoms with E-state index in [0.717, 1.165) is 17.9 Å². The van der Waals surface area contributed by atoms with Gasteiger partial charge in [-0.3, -0.25) is 0 Å². The van der Waals surface area contributed by atoms with Gasteiger partial charge in [-0.1, -0.05) is 6.92 Å². The van der Waals surface area contributed by atoms with Crippen molar-refractivity contribution in [1.82, 2.24) is 10.6 Å². The van der Waals surface area contributed by atoms with Crippen LogP contribution in [0.25, 0.3) is 0 Å². The predicted octanol–water partition coefficient (Wildman–Crippen LogP) is 2.15. The third-order valence-corrected chi connectivity index (χ3v) is 4.05. The Bertz CT molecular complexity index is 169. The molecule has 15 heavy (non-hydrogen) atoms. The van der Waals surface area contributed by atoms with Crippen molar-refractivity contribution in [3.05, 3.63) is 0 Å². The van der Waals surface area contributed by atoms with Gasteiger partial charge in [-0.15, -0.1) is 0 Å². The fourth-order valence-electron chi connectivity index (χ4n) is 2.94. The van der Waals surface area contributed by atoms with Gasteiger partial charge in [-0.2, -0.15) is 0 Å². The molecule has 2 fully saturated rings. The van der Waals surface area contributed by atoms with E-state index in [0.29, 0.717) is 0 Å². The van der Waals surface area contributed by atoms with E-state index in [1.165, 1.54) is 58.2 Å². The lowest BCUT2D eigenvalue weighted by atomic mass is 9.82. The summed E-state index contributed by atoms with van der Waals surface area (Å²) in [4.78, 5) is 0. The second kappa shape index (κ2) is 5.86.